The number of rotatable bonds is 8. The van der Waals surface area contributed by atoms with Gasteiger partial charge in [0.25, 0.3) is 5.91 Å². The second kappa shape index (κ2) is 8.88. The number of amides is 1. The number of hydrogen-bond acceptors (Lipinski definition) is 8. The lowest BCUT2D eigenvalue weighted by atomic mass is 10.1. The number of nitro benzene ring substituents is 1. The first-order valence-corrected chi connectivity index (χ1v) is 7.54. The van der Waals surface area contributed by atoms with Crippen molar-refractivity contribution >= 4 is 17.6 Å². The molecule has 1 rings (SSSR count). The lowest BCUT2D eigenvalue weighted by molar-refractivity contribution is -0.386. The monoisotopic (exact) mass is 370 g/mol. The Balaban J connectivity index is 3.43. The fourth-order valence-electron chi connectivity index (χ4n) is 2.46. The van der Waals surface area contributed by atoms with Crippen LogP contribution in [0.3, 0.4) is 0 Å². The van der Waals surface area contributed by atoms with Crippen molar-refractivity contribution in [3.05, 3.63) is 21.7 Å². The molecule has 0 aliphatic carbocycles. The van der Waals surface area contributed by atoms with E-state index < -0.39 is 28.4 Å². The summed E-state index contributed by atoms with van der Waals surface area (Å²) in [6.07, 6.45) is 0. The largest absolute Gasteiger partial charge is 0.493 e. The van der Waals surface area contributed by atoms with E-state index in [0.717, 1.165) is 0 Å². The van der Waals surface area contributed by atoms with Crippen LogP contribution < -0.4 is 14.2 Å². The maximum atomic E-state index is 12.8. The van der Waals surface area contributed by atoms with Crippen LogP contribution in [0.2, 0.25) is 0 Å². The topological polar surface area (TPSA) is 117 Å². The summed E-state index contributed by atoms with van der Waals surface area (Å²) in [6.45, 7) is 1.60. The van der Waals surface area contributed by atoms with Crippen LogP contribution in [0.4, 0.5) is 5.69 Å². The third-order valence-electron chi connectivity index (χ3n) is 3.71. The average molecular weight is 370 g/mol. The molecule has 26 heavy (non-hydrogen) atoms. The van der Waals surface area contributed by atoms with Gasteiger partial charge in [0.05, 0.1) is 39.3 Å². The summed E-state index contributed by atoms with van der Waals surface area (Å²) in [5.41, 5.74) is -0.795. The maximum Gasteiger partial charge on any atom is 0.327 e. The highest BCUT2D eigenvalue weighted by atomic mass is 16.6. The minimum absolute atomic E-state index is 0.00355. The van der Waals surface area contributed by atoms with E-state index in [1.54, 1.807) is 6.92 Å². The second-order valence-electron chi connectivity index (χ2n) is 5.41. The highest BCUT2D eigenvalue weighted by molar-refractivity contribution is 6.00. The molecule has 10 nitrogen and oxygen atoms in total. The Bertz CT molecular complexity index is 704. The Morgan fingerprint density at radius 1 is 1.15 bits per heavy atom. The van der Waals surface area contributed by atoms with Crippen molar-refractivity contribution in [2.24, 2.45) is 5.92 Å². The summed E-state index contributed by atoms with van der Waals surface area (Å²) in [7, 11) is 6.52. The van der Waals surface area contributed by atoms with Crippen molar-refractivity contribution in [2.45, 2.75) is 6.92 Å². The molecule has 0 saturated carbocycles. The number of methoxy groups -OCH3 is 4. The molecule has 1 aromatic rings. The molecule has 0 fully saturated rings. The van der Waals surface area contributed by atoms with Crippen LogP contribution in [0.1, 0.15) is 17.3 Å². The first-order chi connectivity index (χ1) is 12.2. The zero-order valence-corrected chi connectivity index (χ0v) is 15.5. The average Bonchev–Trinajstić information content (AvgIpc) is 2.63. The highest BCUT2D eigenvalue weighted by Gasteiger charge is 2.34. The molecule has 0 N–H and O–H groups in total. The van der Waals surface area contributed by atoms with Crippen molar-refractivity contribution in [1.29, 1.82) is 0 Å². The van der Waals surface area contributed by atoms with Gasteiger partial charge in [0.15, 0.2) is 5.75 Å². The standard InChI is InChI=1S/C16H22N2O8/c1-9(16(20)26-6)8-17(2)15(19)10-7-11(23-3)13(24-4)14(25-5)12(10)18(21)22/h7,9H,8H2,1-6H3/t9-/m1/s1. The van der Waals surface area contributed by atoms with Gasteiger partial charge in [-0.15, -0.1) is 0 Å². The Labute approximate surface area is 150 Å². The number of nitrogens with zero attached hydrogens (tertiary/aromatic N) is 2. The Morgan fingerprint density at radius 2 is 1.73 bits per heavy atom. The molecule has 1 atom stereocenters. The van der Waals surface area contributed by atoms with Crippen molar-refractivity contribution in [2.75, 3.05) is 42.0 Å². The van der Waals surface area contributed by atoms with E-state index in [1.165, 1.54) is 46.5 Å². The number of benzene rings is 1. The number of carbonyl (C=O) groups is 2. The van der Waals surface area contributed by atoms with Gasteiger partial charge in [0, 0.05) is 19.7 Å². The third-order valence-corrected chi connectivity index (χ3v) is 3.71. The number of esters is 1. The van der Waals surface area contributed by atoms with Crippen LogP contribution in [-0.2, 0) is 9.53 Å². The smallest absolute Gasteiger partial charge is 0.327 e. The zero-order valence-electron chi connectivity index (χ0n) is 15.5. The van der Waals surface area contributed by atoms with E-state index in [1.807, 2.05) is 0 Å². The molecule has 144 valence electrons. The molecule has 10 heteroatoms. The van der Waals surface area contributed by atoms with Gasteiger partial charge in [-0.1, -0.05) is 6.92 Å². The molecule has 0 spiro atoms. The van der Waals surface area contributed by atoms with Crippen LogP contribution in [0.15, 0.2) is 6.07 Å². The highest BCUT2D eigenvalue weighted by Crippen LogP contribution is 2.46. The molecule has 0 saturated heterocycles. The summed E-state index contributed by atoms with van der Waals surface area (Å²) < 4.78 is 20.0. The van der Waals surface area contributed by atoms with Gasteiger partial charge in [-0.05, 0) is 0 Å². The third kappa shape index (κ3) is 4.13. The molecular formula is C16H22N2O8. The van der Waals surface area contributed by atoms with E-state index in [4.69, 9.17) is 14.2 Å². The predicted molar refractivity (Wildman–Crippen MR) is 90.9 cm³/mol. The fraction of sp³-hybridized carbons (Fsp3) is 0.500. The normalized spacial score (nSPS) is 11.3. The van der Waals surface area contributed by atoms with Gasteiger partial charge in [0.2, 0.25) is 11.5 Å². The second-order valence-corrected chi connectivity index (χ2v) is 5.41. The lowest BCUT2D eigenvalue weighted by Gasteiger charge is -2.21. The fourth-order valence-corrected chi connectivity index (χ4v) is 2.46. The molecule has 0 bridgehead atoms. The molecule has 0 unspecified atom stereocenters. The van der Waals surface area contributed by atoms with E-state index in [9.17, 15) is 19.7 Å². The van der Waals surface area contributed by atoms with E-state index in [0.29, 0.717) is 0 Å². The van der Waals surface area contributed by atoms with Gasteiger partial charge in [0.1, 0.15) is 5.56 Å². The molecule has 0 aliphatic rings. The molecule has 1 amide bonds. The van der Waals surface area contributed by atoms with E-state index >= 15 is 0 Å². The van der Waals surface area contributed by atoms with E-state index in [2.05, 4.69) is 4.74 Å². The number of nitro groups is 1. The summed E-state index contributed by atoms with van der Waals surface area (Å²) in [6, 6.07) is 1.21. The Kier molecular flexibility index (Phi) is 7.17. The minimum Gasteiger partial charge on any atom is -0.493 e. The van der Waals surface area contributed by atoms with Crippen LogP contribution in [-0.4, -0.2) is 63.7 Å². The van der Waals surface area contributed by atoms with Crippen LogP contribution >= 0.6 is 0 Å². The predicted octanol–water partition coefficient (Wildman–Crippen LogP) is 1.50. The SMILES string of the molecule is COC(=O)[C@H](C)CN(C)C(=O)c1cc(OC)c(OC)c(OC)c1[N+](=O)[O-]. The quantitative estimate of drug-likeness (QED) is 0.384. The number of carbonyl (C=O) groups excluding carboxylic acids is 2. The Hall–Kier alpha value is -3.04. The molecular weight excluding hydrogens is 348 g/mol. The maximum absolute atomic E-state index is 12.8. The number of hydrogen-bond donors (Lipinski definition) is 0. The molecule has 0 aromatic heterocycles. The number of ether oxygens (including phenoxy) is 4. The summed E-state index contributed by atoms with van der Waals surface area (Å²) in [5.74, 6) is -1.89. The van der Waals surface area contributed by atoms with Crippen LogP contribution in [0, 0.1) is 16.0 Å². The summed E-state index contributed by atoms with van der Waals surface area (Å²) >= 11 is 0. The lowest BCUT2D eigenvalue weighted by Crippen LogP contribution is -2.34. The van der Waals surface area contributed by atoms with Crippen molar-refractivity contribution in [1.82, 2.24) is 4.90 Å². The van der Waals surface area contributed by atoms with E-state index in [-0.39, 0.29) is 29.4 Å². The van der Waals surface area contributed by atoms with Gasteiger partial charge in [-0.3, -0.25) is 19.7 Å². The van der Waals surface area contributed by atoms with Gasteiger partial charge in [-0.25, -0.2) is 0 Å². The molecule has 0 aliphatic heterocycles. The van der Waals surface area contributed by atoms with Crippen molar-refractivity contribution in [3.8, 4) is 17.2 Å². The molecule has 1 aromatic carbocycles. The van der Waals surface area contributed by atoms with Gasteiger partial charge < -0.3 is 23.8 Å². The van der Waals surface area contributed by atoms with Crippen LogP contribution in [0.25, 0.3) is 0 Å². The minimum atomic E-state index is -0.731. The summed E-state index contributed by atoms with van der Waals surface area (Å²) in [4.78, 5) is 36.3. The van der Waals surface area contributed by atoms with Gasteiger partial charge >= 0.3 is 11.7 Å². The molecule has 0 heterocycles. The zero-order chi connectivity index (χ0) is 20.0. The summed E-state index contributed by atoms with van der Waals surface area (Å²) in [5, 5.41) is 11.6. The van der Waals surface area contributed by atoms with Crippen LogP contribution in [0.5, 0.6) is 17.2 Å². The first kappa shape index (κ1) is 21.0. The first-order valence-electron chi connectivity index (χ1n) is 7.54. The van der Waals surface area contributed by atoms with Gasteiger partial charge in [-0.2, -0.15) is 0 Å². The molecule has 0 radical (unpaired) electrons. The van der Waals surface area contributed by atoms with Crippen molar-refractivity contribution in [3.63, 3.8) is 0 Å². The van der Waals surface area contributed by atoms with Crippen molar-refractivity contribution < 1.29 is 33.5 Å². The Morgan fingerprint density at radius 3 is 2.15 bits per heavy atom.